The highest BCUT2D eigenvalue weighted by atomic mass is 79.9. The monoisotopic (exact) mass is 292 g/mol. The summed E-state index contributed by atoms with van der Waals surface area (Å²) in [6, 6.07) is 6.63. The molecular formula is C15H17BrO. The number of fused-ring (bicyclic) bond motifs is 3. The maximum absolute atomic E-state index is 9.81. The Labute approximate surface area is 111 Å². The Balaban J connectivity index is 2.09. The molecule has 0 saturated heterocycles. The first-order chi connectivity index (χ1) is 8.09. The molecule has 1 aromatic carbocycles. The van der Waals surface area contributed by atoms with Crippen LogP contribution in [-0.2, 0) is 11.8 Å². The summed E-state index contributed by atoms with van der Waals surface area (Å²) < 4.78 is 1.16. The average molecular weight is 293 g/mol. The van der Waals surface area contributed by atoms with Crippen LogP contribution in [-0.4, -0.2) is 11.2 Å². The van der Waals surface area contributed by atoms with Gasteiger partial charge in [-0.2, -0.15) is 0 Å². The molecule has 0 radical (unpaired) electrons. The molecule has 0 bridgehead atoms. The van der Waals surface area contributed by atoms with Gasteiger partial charge in [-0.05, 0) is 48.9 Å². The number of rotatable bonds is 0. The van der Waals surface area contributed by atoms with Gasteiger partial charge in [0.25, 0.3) is 0 Å². The number of aliphatic hydroxyl groups is 1. The molecule has 1 aromatic rings. The highest BCUT2D eigenvalue weighted by Crippen LogP contribution is 2.47. The molecule has 0 aliphatic heterocycles. The second-order valence-electron chi connectivity index (χ2n) is 5.46. The van der Waals surface area contributed by atoms with Gasteiger partial charge in [0, 0.05) is 9.89 Å². The van der Waals surface area contributed by atoms with Crippen molar-refractivity contribution >= 4 is 15.9 Å². The first-order valence-corrected chi connectivity index (χ1v) is 7.05. The van der Waals surface area contributed by atoms with E-state index >= 15 is 0 Å². The van der Waals surface area contributed by atoms with Crippen molar-refractivity contribution in [2.24, 2.45) is 0 Å². The normalized spacial score (nSPS) is 31.5. The highest BCUT2D eigenvalue weighted by Gasteiger charge is 2.39. The molecule has 1 N–H and O–H groups in total. The van der Waals surface area contributed by atoms with Crippen LogP contribution in [0.4, 0.5) is 0 Å². The van der Waals surface area contributed by atoms with E-state index in [0.29, 0.717) is 0 Å². The third-order valence-electron chi connectivity index (χ3n) is 4.37. The Morgan fingerprint density at radius 3 is 3.06 bits per heavy atom. The average Bonchev–Trinajstić information content (AvgIpc) is 2.30. The van der Waals surface area contributed by atoms with Crippen molar-refractivity contribution in [2.45, 2.75) is 44.1 Å². The van der Waals surface area contributed by atoms with E-state index in [9.17, 15) is 5.11 Å². The van der Waals surface area contributed by atoms with Crippen LogP contribution < -0.4 is 0 Å². The van der Waals surface area contributed by atoms with Gasteiger partial charge in [0.1, 0.15) is 0 Å². The number of hydrogen-bond donors (Lipinski definition) is 1. The van der Waals surface area contributed by atoms with Gasteiger partial charge in [-0.1, -0.05) is 40.6 Å². The summed E-state index contributed by atoms with van der Waals surface area (Å²) >= 11 is 3.54. The quantitative estimate of drug-likeness (QED) is 0.723. The minimum Gasteiger partial charge on any atom is -0.393 e. The van der Waals surface area contributed by atoms with Crippen molar-refractivity contribution in [3.8, 4) is 0 Å². The Hall–Kier alpha value is -0.600. The maximum Gasteiger partial charge on any atom is 0.0578 e. The molecule has 1 nitrogen and oxygen atoms in total. The molecule has 0 unspecified atom stereocenters. The van der Waals surface area contributed by atoms with Crippen molar-refractivity contribution < 1.29 is 5.11 Å². The van der Waals surface area contributed by atoms with Gasteiger partial charge in [0.05, 0.1) is 6.10 Å². The molecule has 3 rings (SSSR count). The van der Waals surface area contributed by atoms with Gasteiger partial charge in [0.2, 0.25) is 0 Å². The van der Waals surface area contributed by atoms with Crippen LogP contribution in [0.15, 0.2) is 34.3 Å². The molecule has 2 aliphatic rings. The van der Waals surface area contributed by atoms with Gasteiger partial charge < -0.3 is 5.11 Å². The standard InChI is InChI=1S/C15H17BrO/c1-15-7-6-13(17)9-11(15)3-2-10-8-12(16)4-5-14(10)15/h3-5,8,13,17H,2,6-7,9H2,1H3/t13-,15-/m0/s1. The van der Waals surface area contributed by atoms with Crippen molar-refractivity contribution in [1.82, 2.24) is 0 Å². The van der Waals surface area contributed by atoms with Crippen molar-refractivity contribution in [3.05, 3.63) is 45.4 Å². The molecule has 2 aliphatic carbocycles. The van der Waals surface area contributed by atoms with Crippen LogP contribution in [0.2, 0.25) is 0 Å². The third kappa shape index (κ3) is 1.78. The van der Waals surface area contributed by atoms with E-state index in [-0.39, 0.29) is 11.5 Å². The van der Waals surface area contributed by atoms with Crippen molar-refractivity contribution in [2.75, 3.05) is 0 Å². The Bertz CT molecular complexity index is 492. The van der Waals surface area contributed by atoms with E-state index in [1.807, 2.05) is 0 Å². The molecule has 17 heavy (non-hydrogen) atoms. The zero-order valence-corrected chi connectivity index (χ0v) is 11.6. The molecule has 1 saturated carbocycles. The molecule has 0 spiro atoms. The zero-order valence-electron chi connectivity index (χ0n) is 10.0. The number of hydrogen-bond acceptors (Lipinski definition) is 1. The Morgan fingerprint density at radius 1 is 1.41 bits per heavy atom. The first-order valence-electron chi connectivity index (χ1n) is 6.26. The van der Waals surface area contributed by atoms with Crippen LogP contribution >= 0.6 is 15.9 Å². The summed E-state index contributed by atoms with van der Waals surface area (Å²) in [6.45, 7) is 2.33. The second kappa shape index (κ2) is 3.96. The fourth-order valence-electron chi connectivity index (χ4n) is 3.32. The van der Waals surface area contributed by atoms with E-state index in [1.165, 1.54) is 16.7 Å². The summed E-state index contributed by atoms with van der Waals surface area (Å²) in [5, 5.41) is 9.81. The van der Waals surface area contributed by atoms with Crippen LogP contribution in [0, 0.1) is 0 Å². The van der Waals surface area contributed by atoms with Gasteiger partial charge in [0.15, 0.2) is 0 Å². The zero-order chi connectivity index (χ0) is 12.0. The number of halogens is 1. The molecule has 2 heteroatoms. The summed E-state index contributed by atoms with van der Waals surface area (Å²) in [7, 11) is 0. The lowest BCUT2D eigenvalue weighted by Gasteiger charge is -2.42. The predicted molar refractivity (Wildman–Crippen MR) is 73.1 cm³/mol. The molecule has 0 amide bonds. The summed E-state index contributed by atoms with van der Waals surface area (Å²) in [5.74, 6) is 0. The maximum atomic E-state index is 9.81. The van der Waals surface area contributed by atoms with Gasteiger partial charge >= 0.3 is 0 Å². The summed E-state index contributed by atoms with van der Waals surface area (Å²) in [4.78, 5) is 0. The van der Waals surface area contributed by atoms with Crippen LogP contribution in [0.25, 0.3) is 0 Å². The topological polar surface area (TPSA) is 20.2 Å². The van der Waals surface area contributed by atoms with E-state index in [0.717, 1.165) is 30.2 Å². The lowest BCUT2D eigenvalue weighted by molar-refractivity contribution is 0.129. The third-order valence-corrected chi connectivity index (χ3v) is 4.87. The van der Waals surface area contributed by atoms with Gasteiger partial charge in [-0.3, -0.25) is 0 Å². The summed E-state index contributed by atoms with van der Waals surface area (Å²) in [6.07, 6.45) is 6.04. The number of allylic oxidation sites excluding steroid dienone is 1. The van der Waals surface area contributed by atoms with Crippen molar-refractivity contribution in [1.29, 1.82) is 0 Å². The fourth-order valence-corrected chi connectivity index (χ4v) is 3.72. The van der Waals surface area contributed by atoms with Crippen molar-refractivity contribution in [3.63, 3.8) is 0 Å². The van der Waals surface area contributed by atoms with E-state index in [2.05, 4.69) is 47.1 Å². The largest absolute Gasteiger partial charge is 0.393 e. The number of aliphatic hydroxyl groups excluding tert-OH is 1. The first kappa shape index (κ1) is 11.5. The van der Waals surface area contributed by atoms with Gasteiger partial charge in [-0.25, -0.2) is 0 Å². The molecule has 2 atom stereocenters. The van der Waals surface area contributed by atoms with E-state index in [1.54, 1.807) is 0 Å². The fraction of sp³-hybridized carbons (Fsp3) is 0.467. The van der Waals surface area contributed by atoms with Crippen LogP contribution in [0.3, 0.4) is 0 Å². The Morgan fingerprint density at radius 2 is 2.24 bits per heavy atom. The lowest BCUT2D eigenvalue weighted by atomic mass is 9.63. The predicted octanol–water partition coefficient (Wildman–Crippen LogP) is 3.73. The minimum absolute atomic E-state index is 0.133. The lowest BCUT2D eigenvalue weighted by Crippen LogP contribution is -2.36. The molecule has 0 heterocycles. The summed E-state index contributed by atoms with van der Waals surface area (Å²) in [5.41, 5.74) is 4.49. The van der Waals surface area contributed by atoms with E-state index < -0.39 is 0 Å². The van der Waals surface area contributed by atoms with E-state index in [4.69, 9.17) is 0 Å². The Kier molecular flexibility index (Phi) is 2.68. The smallest absolute Gasteiger partial charge is 0.0578 e. The molecular weight excluding hydrogens is 276 g/mol. The minimum atomic E-state index is -0.133. The SMILES string of the molecule is C[C@]12CC[C@H](O)CC1=CCc1cc(Br)ccc12. The molecule has 90 valence electrons. The highest BCUT2D eigenvalue weighted by molar-refractivity contribution is 9.10. The molecule has 1 fully saturated rings. The van der Waals surface area contributed by atoms with Crippen LogP contribution in [0.1, 0.15) is 37.3 Å². The number of benzene rings is 1. The van der Waals surface area contributed by atoms with Gasteiger partial charge in [-0.15, -0.1) is 0 Å². The van der Waals surface area contributed by atoms with Crippen LogP contribution in [0.5, 0.6) is 0 Å². The second-order valence-corrected chi connectivity index (χ2v) is 6.38. The molecule has 0 aromatic heterocycles.